The lowest BCUT2D eigenvalue weighted by molar-refractivity contribution is -0.137. The number of rotatable bonds is 2. The molecule has 2 fully saturated rings. The van der Waals surface area contributed by atoms with Crippen LogP contribution in [0.15, 0.2) is 0 Å². The number of nitrogens with zero attached hydrogens (tertiary/aromatic N) is 1. The second-order valence-electron chi connectivity index (χ2n) is 5.45. The van der Waals surface area contributed by atoms with Crippen LogP contribution in [0.1, 0.15) is 51.4 Å². The molecule has 1 heterocycles. The Morgan fingerprint density at radius 1 is 1.00 bits per heavy atom. The van der Waals surface area contributed by atoms with Crippen molar-refractivity contribution in [2.45, 2.75) is 57.5 Å². The number of ether oxygens (including phenoxy) is 1. The van der Waals surface area contributed by atoms with Gasteiger partial charge in [-0.3, -0.25) is 4.79 Å². The fraction of sp³-hybridized carbons (Fsp3) is 0.929. The predicted molar refractivity (Wildman–Crippen MR) is 67.8 cm³/mol. The first-order chi connectivity index (χ1) is 8.31. The van der Waals surface area contributed by atoms with Crippen molar-refractivity contribution in [3.8, 4) is 0 Å². The minimum absolute atomic E-state index is 0.277. The molecule has 3 nitrogen and oxygen atoms in total. The molecule has 0 unspecified atom stereocenters. The van der Waals surface area contributed by atoms with Crippen LogP contribution in [-0.2, 0) is 9.53 Å². The predicted octanol–water partition coefficient (Wildman–Crippen LogP) is 2.59. The van der Waals surface area contributed by atoms with Gasteiger partial charge in [-0.25, -0.2) is 0 Å². The van der Waals surface area contributed by atoms with Crippen LogP contribution in [0, 0.1) is 5.92 Å². The molecule has 1 aliphatic heterocycles. The van der Waals surface area contributed by atoms with Crippen molar-refractivity contribution in [1.82, 2.24) is 4.90 Å². The fourth-order valence-corrected chi connectivity index (χ4v) is 3.09. The third-order valence-corrected chi connectivity index (χ3v) is 4.27. The summed E-state index contributed by atoms with van der Waals surface area (Å²) < 4.78 is 5.36. The van der Waals surface area contributed by atoms with Crippen LogP contribution < -0.4 is 0 Å². The average Bonchev–Trinajstić information content (AvgIpc) is 2.67. The lowest BCUT2D eigenvalue weighted by atomic mass is 9.86. The smallest absolute Gasteiger partial charge is 0.225 e. The van der Waals surface area contributed by atoms with Gasteiger partial charge in [-0.05, 0) is 38.5 Å². The molecule has 1 amide bonds. The zero-order valence-electron chi connectivity index (χ0n) is 11.0. The lowest BCUT2D eigenvalue weighted by Crippen LogP contribution is -2.39. The molecular weight excluding hydrogens is 214 g/mol. The van der Waals surface area contributed by atoms with Gasteiger partial charge in [0.15, 0.2) is 0 Å². The molecule has 0 aromatic carbocycles. The number of amides is 1. The van der Waals surface area contributed by atoms with Crippen molar-refractivity contribution in [2.75, 3.05) is 20.2 Å². The van der Waals surface area contributed by atoms with E-state index in [0.717, 1.165) is 38.8 Å². The monoisotopic (exact) mass is 239 g/mol. The molecular formula is C14H25NO2. The highest BCUT2D eigenvalue weighted by atomic mass is 16.5. The van der Waals surface area contributed by atoms with Gasteiger partial charge in [0.05, 0.1) is 6.10 Å². The first-order valence-corrected chi connectivity index (χ1v) is 7.13. The quantitative estimate of drug-likeness (QED) is 0.741. The molecule has 0 radical (unpaired) electrons. The molecule has 98 valence electrons. The van der Waals surface area contributed by atoms with Crippen LogP contribution in [-0.4, -0.2) is 37.1 Å². The van der Waals surface area contributed by atoms with E-state index in [9.17, 15) is 4.79 Å². The average molecular weight is 239 g/mol. The van der Waals surface area contributed by atoms with E-state index >= 15 is 0 Å². The first-order valence-electron chi connectivity index (χ1n) is 7.13. The van der Waals surface area contributed by atoms with Crippen LogP contribution in [0.2, 0.25) is 0 Å². The van der Waals surface area contributed by atoms with Crippen molar-refractivity contribution >= 4 is 5.91 Å². The van der Waals surface area contributed by atoms with E-state index in [1.165, 1.54) is 25.7 Å². The topological polar surface area (TPSA) is 29.5 Å². The maximum atomic E-state index is 12.4. The van der Waals surface area contributed by atoms with Gasteiger partial charge in [-0.2, -0.15) is 0 Å². The highest BCUT2D eigenvalue weighted by molar-refractivity contribution is 5.79. The summed E-state index contributed by atoms with van der Waals surface area (Å²) >= 11 is 0. The maximum absolute atomic E-state index is 12.4. The Morgan fingerprint density at radius 3 is 2.12 bits per heavy atom. The van der Waals surface area contributed by atoms with E-state index in [1.807, 2.05) is 0 Å². The van der Waals surface area contributed by atoms with Gasteiger partial charge in [-0.1, -0.05) is 12.8 Å². The molecule has 1 saturated heterocycles. The number of hydrogen-bond donors (Lipinski definition) is 0. The van der Waals surface area contributed by atoms with Crippen LogP contribution in [0.25, 0.3) is 0 Å². The molecule has 0 aromatic rings. The molecule has 17 heavy (non-hydrogen) atoms. The number of carbonyl (C=O) groups excluding carboxylic acids is 1. The van der Waals surface area contributed by atoms with Crippen LogP contribution >= 0.6 is 0 Å². The molecule has 2 aliphatic rings. The minimum atomic E-state index is 0.277. The highest BCUT2D eigenvalue weighted by Crippen LogP contribution is 2.28. The van der Waals surface area contributed by atoms with Crippen molar-refractivity contribution in [3.63, 3.8) is 0 Å². The van der Waals surface area contributed by atoms with E-state index in [1.54, 1.807) is 7.11 Å². The van der Waals surface area contributed by atoms with Crippen LogP contribution in [0.3, 0.4) is 0 Å². The maximum Gasteiger partial charge on any atom is 0.225 e. The summed E-state index contributed by atoms with van der Waals surface area (Å²) in [6, 6.07) is 0. The standard InChI is InChI=1S/C14H25NO2/c1-17-13-8-6-12(7-9-13)14(16)15-10-4-2-3-5-11-15/h12-13H,2-11H2,1H3. The fourth-order valence-electron chi connectivity index (χ4n) is 3.09. The van der Waals surface area contributed by atoms with E-state index in [0.29, 0.717) is 12.0 Å². The van der Waals surface area contributed by atoms with Gasteiger partial charge in [0, 0.05) is 26.1 Å². The summed E-state index contributed by atoms with van der Waals surface area (Å²) in [5, 5.41) is 0. The second kappa shape index (κ2) is 6.39. The van der Waals surface area contributed by atoms with Crippen molar-refractivity contribution in [2.24, 2.45) is 5.92 Å². The zero-order chi connectivity index (χ0) is 12.1. The van der Waals surface area contributed by atoms with Gasteiger partial charge in [0.1, 0.15) is 0 Å². The van der Waals surface area contributed by atoms with Crippen molar-refractivity contribution in [3.05, 3.63) is 0 Å². The molecule has 0 bridgehead atoms. The van der Waals surface area contributed by atoms with Gasteiger partial charge >= 0.3 is 0 Å². The van der Waals surface area contributed by atoms with E-state index in [-0.39, 0.29) is 5.92 Å². The van der Waals surface area contributed by atoms with Crippen LogP contribution in [0.5, 0.6) is 0 Å². The van der Waals surface area contributed by atoms with E-state index < -0.39 is 0 Å². The summed E-state index contributed by atoms with van der Waals surface area (Å²) in [7, 11) is 1.78. The van der Waals surface area contributed by atoms with Gasteiger partial charge < -0.3 is 9.64 Å². The molecule has 0 aromatic heterocycles. The molecule has 2 rings (SSSR count). The Morgan fingerprint density at radius 2 is 1.59 bits per heavy atom. The Labute approximate surface area is 105 Å². The Balaban J connectivity index is 1.82. The van der Waals surface area contributed by atoms with Crippen molar-refractivity contribution < 1.29 is 9.53 Å². The number of likely N-dealkylation sites (tertiary alicyclic amines) is 1. The summed E-state index contributed by atoms with van der Waals surface area (Å²) in [4.78, 5) is 14.5. The summed E-state index contributed by atoms with van der Waals surface area (Å²) in [5.74, 6) is 0.695. The highest BCUT2D eigenvalue weighted by Gasteiger charge is 2.29. The molecule has 3 heteroatoms. The Kier molecular flexibility index (Phi) is 4.84. The molecule has 1 aliphatic carbocycles. The minimum Gasteiger partial charge on any atom is -0.381 e. The van der Waals surface area contributed by atoms with Crippen LogP contribution in [0.4, 0.5) is 0 Å². The largest absolute Gasteiger partial charge is 0.381 e. The molecule has 0 atom stereocenters. The van der Waals surface area contributed by atoms with Gasteiger partial charge in [0.2, 0.25) is 5.91 Å². The summed E-state index contributed by atoms with van der Waals surface area (Å²) in [6.07, 6.45) is 9.52. The van der Waals surface area contributed by atoms with E-state index in [2.05, 4.69) is 4.90 Å². The first kappa shape index (κ1) is 12.9. The zero-order valence-corrected chi connectivity index (χ0v) is 11.0. The van der Waals surface area contributed by atoms with Crippen molar-refractivity contribution in [1.29, 1.82) is 0 Å². The Bertz CT molecular complexity index is 239. The third-order valence-electron chi connectivity index (χ3n) is 4.27. The van der Waals surface area contributed by atoms with Gasteiger partial charge in [0.25, 0.3) is 0 Å². The Hall–Kier alpha value is -0.570. The molecule has 0 spiro atoms. The normalized spacial score (nSPS) is 31.0. The summed E-state index contributed by atoms with van der Waals surface area (Å²) in [6.45, 7) is 1.98. The second-order valence-corrected chi connectivity index (χ2v) is 5.45. The SMILES string of the molecule is COC1CCC(C(=O)N2CCCCCC2)CC1. The van der Waals surface area contributed by atoms with E-state index in [4.69, 9.17) is 4.74 Å². The number of carbonyl (C=O) groups is 1. The summed E-state index contributed by atoms with van der Waals surface area (Å²) in [5.41, 5.74) is 0. The number of hydrogen-bond acceptors (Lipinski definition) is 2. The number of methoxy groups -OCH3 is 1. The molecule has 0 N–H and O–H groups in total. The van der Waals surface area contributed by atoms with Gasteiger partial charge in [-0.15, -0.1) is 0 Å². The lowest BCUT2D eigenvalue weighted by Gasteiger charge is -2.31. The molecule has 1 saturated carbocycles. The third kappa shape index (κ3) is 3.44.